The quantitative estimate of drug-likeness (QED) is 0.428. The third-order valence-electron chi connectivity index (χ3n) is 4.95. The monoisotopic (exact) mass is 457 g/mol. The first-order valence-corrected chi connectivity index (χ1v) is 9.62. The number of alkyl halides is 3. The number of nitrogens with zero attached hydrogens (tertiary/aromatic N) is 5. The number of halogens is 3. The molecule has 170 valence electrons. The second-order valence-electron chi connectivity index (χ2n) is 7.16. The zero-order valence-electron chi connectivity index (χ0n) is 17.2. The van der Waals surface area contributed by atoms with Crippen molar-refractivity contribution >= 4 is 28.9 Å². The number of rotatable bonds is 4. The van der Waals surface area contributed by atoms with Gasteiger partial charge in [0.1, 0.15) is 23.4 Å². The molecule has 5 N–H and O–H groups in total. The number of primary amides is 1. The summed E-state index contributed by atoms with van der Waals surface area (Å²) in [5.41, 5.74) is 12.8. The highest BCUT2D eigenvalue weighted by Gasteiger charge is 2.33. The van der Waals surface area contributed by atoms with E-state index >= 15 is 0 Å². The van der Waals surface area contributed by atoms with Crippen LogP contribution in [0.5, 0.6) is 0 Å². The summed E-state index contributed by atoms with van der Waals surface area (Å²) < 4.78 is 40.7. The van der Waals surface area contributed by atoms with Gasteiger partial charge >= 0.3 is 12.2 Å². The first kappa shape index (κ1) is 22.0. The van der Waals surface area contributed by atoms with Gasteiger partial charge in [-0.15, -0.1) is 0 Å². The third-order valence-corrected chi connectivity index (χ3v) is 4.95. The van der Waals surface area contributed by atoms with Crippen LogP contribution in [0.2, 0.25) is 0 Å². The van der Waals surface area contributed by atoms with Crippen LogP contribution in [-0.2, 0) is 6.18 Å². The molecule has 0 aliphatic rings. The SMILES string of the molecule is CC(O)c1cc(-c2ccc(N(C(N)=O)c3cccc(C(F)(F)F)n3)cc2)c2c(N)ncnn12. The lowest BCUT2D eigenvalue weighted by atomic mass is 10.1. The van der Waals surface area contributed by atoms with Gasteiger partial charge < -0.3 is 16.6 Å². The number of nitrogen functional groups attached to an aromatic ring is 1. The maximum absolute atomic E-state index is 13.1. The molecule has 9 nitrogen and oxygen atoms in total. The zero-order chi connectivity index (χ0) is 23.9. The number of carbonyl (C=O) groups excluding carboxylic acids is 1. The Morgan fingerprint density at radius 3 is 2.48 bits per heavy atom. The topological polar surface area (TPSA) is 136 Å². The van der Waals surface area contributed by atoms with E-state index in [-0.39, 0.29) is 17.3 Å². The minimum absolute atomic E-state index is 0.197. The van der Waals surface area contributed by atoms with Gasteiger partial charge in [0.25, 0.3) is 0 Å². The minimum atomic E-state index is -4.68. The number of benzene rings is 1. The van der Waals surface area contributed by atoms with E-state index in [2.05, 4.69) is 15.1 Å². The molecule has 0 spiro atoms. The number of amides is 2. The molecule has 1 atom stereocenters. The number of urea groups is 1. The Bertz CT molecular complexity index is 1330. The van der Waals surface area contributed by atoms with Crippen molar-refractivity contribution in [2.24, 2.45) is 5.73 Å². The molecule has 0 saturated carbocycles. The number of hydrogen-bond donors (Lipinski definition) is 3. The van der Waals surface area contributed by atoms with Gasteiger partial charge in [-0.1, -0.05) is 18.2 Å². The predicted molar refractivity (Wildman–Crippen MR) is 114 cm³/mol. The average Bonchev–Trinajstić information content (AvgIpc) is 3.15. The Morgan fingerprint density at radius 1 is 1.18 bits per heavy atom. The van der Waals surface area contributed by atoms with E-state index in [1.54, 1.807) is 25.1 Å². The minimum Gasteiger partial charge on any atom is -0.387 e. The van der Waals surface area contributed by atoms with Crippen LogP contribution in [0.15, 0.2) is 54.9 Å². The summed E-state index contributed by atoms with van der Waals surface area (Å²) in [6.45, 7) is 1.58. The number of aromatic nitrogens is 4. The lowest BCUT2D eigenvalue weighted by Crippen LogP contribution is -2.32. The summed E-state index contributed by atoms with van der Waals surface area (Å²) in [4.78, 5) is 20.5. The lowest BCUT2D eigenvalue weighted by Gasteiger charge is -2.20. The molecule has 4 aromatic rings. The Balaban J connectivity index is 1.78. The molecule has 1 unspecified atom stereocenters. The van der Waals surface area contributed by atoms with Crippen molar-refractivity contribution in [1.82, 2.24) is 19.6 Å². The number of carbonyl (C=O) groups is 1. The maximum Gasteiger partial charge on any atom is 0.433 e. The second-order valence-corrected chi connectivity index (χ2v) is 7.16. The van der Waals surface area contributed by atoms with Crippen LogP contribution in [0.25, 0.3) is 16.6 Å². The van der Waals surface area contributed by atoms with Crippen LogP contribution in [0.4, 0.5) is 35.3 Å². The first-order chi connectivity index (χ1) is 15.6. The fourth-order valence-electron chi connectivity index (χ4n) is 3.48. The number of nitrogens with two attached hydrogens (primary N) is 2. The van der Waals surface area contributed by atoms with E-state index in [4.69, 9.17) is 11.5 Å². The number of aliphatic hydroxyl groups is 1. The summed E-state index contributed by atoms with van der Waals surface area (Å²) in [5.74, 6) is -0.0728. The molecule has 2 amide bonds. The van der Waals surface area contributed by atoms with Crippen LogP contribution in [0.1, 0.15) is 24.4 Å². The number of hydrogen-bond acceptors (Lipinski definition) is 6. The third kappa shape index (κ3) is 4.03. The highest BCUT2D eigenvalue weighted by atomic mass is 19.4. The number of aliphatic hydroxyl groups excluding tert-OH is 1. The van der Waals surface area contributed by atoms with Crippen molar-refractivity contribution in [3.8, 4) is 11.1 Å². The highest BCUT2D eigenvalue weighted by Crippen LogP contribution is 2.35. The van der Waals surface area contributed by atoms with Gasteiger partial charge in [0.05, 0.1) is 17.5 Å². The molecule has 4 rings (SSSR count). The molecule has 0 aliphatic heterocycles. The highest BCUT2D eigenvalue weighted by molar-refractivity contribution is 5.98. The van der Waals surface area contributed by atoms with E-state index in [1.807, 2.05) is 0 Å². The number of pyridine rings is 1. The normalized spacial score (nSPS) is 12.6. The van der Waals surface area contributed by atoms with Gasteiger partial charge in [-0.25, -0.2) is 24.2 Å². The fraction of sp³-hybridized carbons (Fsp3) is 0.143. The Kier molecular flexibility index (Phi) is 5.38. The molecular formula is C21H18F3N7O2. The summed E-state index contributed by atoms with van der Waals surface area (Å²) in [5, 5.41) is 14.2. The Labute approximate surface area is 185 Å². The zero-order valence-corrected chi connectivity index (χ0v) is 17.2. The molecule has 33 heavy (non-hydrogen) atoms. The van der Waals surface area contributed by atoms with Crippen molar-refractivity contribution < 1.29 is 23.1 Å². The number of fused-ring (bicyclic) bond motifs is 1. The van der Waals surface area contributed by atoms with Crippen LogP contribution < -0.4 is 16.4 Å². The standard InChI is InChI=1S/C21H18F3N7O2/c1-11(32)15-9-14(18-19(25)27-10-28-31(15)18)12-5-7-13(8-6-12)30(20(26)33)17-4-2-3-16(29-17)21(22,23)24/h2-11,32H,1H3,(H2,26,33)(H2,25,27,28). The first-order valence-electron chi connectivity index (χ1n) is 9.62. The molecule has 0 radical (unpaired) electrons. The van der Waals surface area contributed by atoms with Crippen LogP contribution in [0.3, 0.4) is 0 Å². The molecule has 1 aromatic carbocycles. The Hall–Kier alpha value is -4.19. The smallest absolute Gasteiger partial charge is 0.387 e. The van der Waals surface area contributed by atoms with Crippen molar-refractivity contribution in [1.29, 1.82) is 0 Å². The largest absolute Gasteiger partial charge is 0.433 e. The van der Waals surface area contributed by atoms with Crippen LogP contribution >= 0.6 is 0 Å². The van der Waals surface area contributed by atoms with Gasteiger partial charge in [0, 0.05) is 5.56 Å². The van der Waals surface area contributed by atoms with E-state index in [0.29, 0.717) is 22.3 Å². The van der Waals surface area contributed by atoms with Gasteiger partial charge in [-0.2, -0.15) is 18.3 Å². The molecule has 3 aromatic heterocycles. The molecule has 0 saturated heterocycles. The molecule has 12 heteroatoms. The number of anilines is 3. The van der Waals surface area contributed by atoms with Crippen molar-refractivity contribution in [3.05, 3.63) is 66.2 Å². The van der Waals surface area contributed by atoms with Crippen molar-refractivity contribution in [2.75, 3.05) is 10.6 Å². The van der Waals surface area contributed by atoms with Gasteiger partial charge in [0.15, 0.2) is 5.82 Å². The van der Waals surface area contributed by atoms with Crippen LogP contribution in [0, 0.1) is 0 Å². The Morgan fingerprint density at radius 2 is 1.88 bits per heavy atom. The molecule has 0 fully saturated rings. The van der Waals surface area contributed by atoms with E-state index in [9.17, 15) is 23.1 Å². The van der Waals surface area contributed by atoms with Crippen molar-refractivity contribution in [3.63, 3.8) is 0 Å². The van der Waals surface area contributed by atoms with Crippen LogP contribution in [-0.4, -0.2) is 30.7 Å². The summed E-state index contributed by atoms with van der Waals surface area (Å²) in [6, 6.07) is 10.2. The van der Waals surface area contributed by atoms with Gasteiger partial charge in [0.2, 0.25) is 0 Å². The summed E-state index contributed by atoms with van der Waals surface area (Å²) >= 11 is 0. The van der Waals surface area contributed by atoms with Crippen molar-refractivity contribution in [2.45, 2.75) is 19.2 Å². The summed E-state index contributed by atoms with van der Waals surface area (Å²) in [7, 11) is 0. The van der Waals surface area contributed by atoms with E-state index in [1.165, 1.54) is 29.0 Å². The van der Waals surface area contributed by atoms with E-state index < -0.39 is 24.0 Å². The fourth-order valence-corrected chi connectivity index (χ4v) is 3.48. The average molecular weight is 457 g/mol. The van der Waals surface area contributed by atoms with E-state index in [0.717, 1.165) is 17.0 Å². The molecule has 0 bridgehead atoms. The molecular weight excluding hydrogens is 439 g/mol. The summed E-state index contributed by atoms with van der Waals surface area (Å²) in [6.07, 6.45) is -4.24. The second kappa shape index (κ2) is 8.06. The van der Waals surface area contributed by atoms with Gasteiger partial charge in [-0.05, 0) is 42.8 Å². The van der Waals surface area contributed by atoms with Gasteiger partial charge in [-0.3, -0.25) is 0 Å². The maximum atomic E-state index is 13.1. The molecule has 3 heterocycles. The predicted octanol–water partition coefficient (Wildman–Crippen LogP) is 3.66. The lowest BCUT2D eigenvalue weighted by molar-refractivity contribution is -0.141. The molecule has 0 aliphatic carbocycles.